The molecular weight excluding hydrogens is 348 g/mol. The highest BCUT2D eigenvalue weighted by molar-refractivity contribution is 5.47. The van der Waals surface area contributed by atoms with Gasteiger partial charge in [0.1, 0.15) is 0 Å². The number of aliphatic hydroxyl groups is 2. The van der Waals surface area contributed by atoms with Crippen LogP contribution in [0.5, 0.6) is 23.0 Å². The quantitative estimate of drug-likeness (QED) is 0.736. The molecule has 0 bridgehead atoms. The first-order valence-corrected chi connectivity index (χ1v) is 8.61. The highest BCUT2D eigenvalue weighted by Gasteiger charge is 2.36. The Hall–Kier alpha value is -2.44. The lowest BCUT2D eigenvalue weighted by Gasteiger charge is -2.34. The Morgan fingerprint density at radius 3 is 1.52 bits per heavy atom. The first-order chi connectivity index (χ1) is 12.8. The highest BCUT2D eigenvalue weighted by Crippen LogP contribution is 2.43. The van der Waals surface area contributed by atoms with Gasteiger partial charge in [-0.2, -0.15) is 0 Å². The average Bonchev–Trinajstić information content (AvgIpc) is 2.66. The summed E-state index contributed by atoms with van der Waals surface area (Å²) < 4.78 is 21.2. The number of hydrogen-bond acceptors (Lipinski definition) is 6. The van der Waals surface area contributed by atoms with Gasteiger partial charge >= 0.3 is 0 Å². The Bertz CT molecular complexity index is 766. The molecule has 0 radical (unpaired) electrons. The molecule has 0 aliphatic carbocycles. The van der Waals surface area contributed by atoms with E-state index in [1.807, 2.05) is 6.07 Å². The largest absolute Gasteiger partial charge is 0.493 e. The minimum atomic E-state index is -1.20. The molecule has 0 amide bonds. The van der Waals surface area contributed by atoms with Crippen LogP contribution in [0, 0.1) is 0 Å². The van der Waals surface area contributed by atoms with Crippen molar-refractivity contribution in [3.05, 3.63) is 47.5 Å². The summed E-state index contributed by atoms with van der Waals surface area (Å²) in [5.74, 6) is 1.57. The van der Waals surface area contributed by atoms with Gasteiger partial charge < -0.3 is 29.2 Å². The molecule has 6 nitrogen and oxygen atoms in total. The third-order valence-corrected chi connectivity index (χ3v) is 4.59. The van der Waals surface area contributed by atoms with Crippen molar-refractivity contribution in [3.63, 3.8) is 0 Å². The van der Waals surface area contributed by atoms with Crippen molar-refractivity contribution < 1.29 is 29.2 Å². The SMILES string of the molecule is COc1ccc([C@H]([C@@H](O)c2ccc(OC)c(OC)c2)C(C)(C)O)cc1OC. The van der Waals surface area contributed by atoms with E-state index in [2.05, 4.69) is 0 Å². The van der Waals surface area contributed by atoms with Gasteiger partial charge in [-0.3, -0.25) is 0 Å². The molecule has 0 saturated heterocycles. The first kappa shape index (κ1) is 20.9. The lowest BCUT2D eigenvalue weighted by Crippen LogP contribution is -2.33. The van der Waals surface area contributed by atoms with Crippen molar-refractivity contribution in [2.45, 2.75) is 31.5 Å². The number of hydrogen-bond donors (Lipinski definition) is 2. The Morgan fingerprint density at radius 1 is 0.704 bits per heavy atom. The third-order valence-electron chi connectivity index (χ3n) is 4.59. The maximum Gasteiger partial charge on any atom is 0.161 e. The Labute approximate surface area is 160 Å². The van der Waals surface area contributed by atoms with Crippen molar-refractivity contribution >= 4 is 0 Å². The van der Waals surface area contributed by atoms with Crippen LogP contribution in [0.4, 0.5) is 0 Å². The molecule has 0 unspecified atom stereocenters. The second-order valence-corrected chi connectivity index (χ2v) is 6.81. The van der Waals surface area contributed by atoms with E-state index in [0.717, 1.165) is 5.56 Å². The molecule has 0 heterocycles. The van der Waals surface area contributed by atoms with Gasteiger partial charge in [-0.1, -0.05) is 12.1 Å². The second-order valence-electron chi connectivity index (χ2n) is 6.81. The molecule has 0 fully saturated rings. The Balaban J connectivity index is 2.51. The lowest BCUT2D eigenvalue weighted by atomic mass is 9.78. The van der Waals surface area contributed by atoms with Crippen LogP contribution in [0.3, 0.4) is 0 Å². The minimum absolute atomic E-state index is 0.510. The van der Waals surface area contributed by atoms with E-state index in [9.17, 15) is 10.2 Å². The van der Waals surface area contributed by atoms with Crippen LogP contribution in [-0.2, 0) is 0 Å². The van der Waals surface area contributed by atoms with E-state index in [-0.39, 0.29) is 0 Å². The monoisotopic (exact) mass is 376 g/mol. The van der Waals surface area contributed by atoms with Gasteiger partial charge in [-0.15, -0.1) is 0 Å². The number of rotatable bonds is 8. The molecule has 2 aromatic carbocycles. The fraction of sp³-hybridized carbons (Fsp3) is 0.429. The summed E-state index contributed by atoms with van der Waals surface area (Å²) in [6, 6.07) is 10.5. The molecule has 27 heavy (non-hydrogen) atoms. The van der Waals surface area contributed by atoms with Gasteiger partial charge in [-0.05, 0) is 49.2 Å². The van der Waals surface area contributed by atoms with Crippen molar-refractivity contribution in [3.8, 4) is 23.0 Å². The van der Waals surface area contributed by atoms with Gasteiger partial charge in [0, 0.05) is 5.92 Å². The molecule has 148 valence electrons. The molecule has 2 aromatic rings. The van der Waals surface area contributed by atoms with E-state index >= 15 is 0 Å². The second kappa shape index (κ2) is 8.50. The smallest absolute Gasteiger partial charge is 0.161 e. The molecule has 0 saturated carbocycles. The number of ether oxygens (including phenoxy) is 4. The number of benzene rings is 2. The standard InChI is InChI=1S/C21H28O6/c1-21(2,23)19(13-7-9-15(24-3)17(11-13)26-5)20(22)14-8-10-16(25-4)18(12-14)27-6/h7-12,19-20,22-23H,1-6H3/t19-,20+/m1/s1. The molecule has 2 N–H and O–H groups in total. The highest BCUT2D eigenvalue weighted by atomic mass is 16.5. The van der Waals surface area contributed by atoms with Gasteiger partial charge in [0.05, 0.1) is 40.1 Å². The summed E-state index contributed by atoms with van der Waals surface area (Å²) in [6.07, 6.45) is -0.983. The molecule has 6 heteroatoms. The lowest BCUT2D eigenvalue weighted by molar-refractivity contribution is -0.00942. The summed E-state index contributed by atoms with van der Waals surface area (Å²) in [5, 5.41) is 21.9. The summed E-state index contributed by atoms with van der Waals surface area (Å²) in [5.41, 5.74) is 0.128. The predicted octanol–water partition coefficient (Wildman–Crippen LogP) is 3.31. The molecule has 0 aromatic heterocycles. The molecule has 0 spiro atoms. The Morgan fingerprint density at radius 2 is 1.11 bits per heavy atom. The fourth-order valence-corrected chi connectivity index (χ4v) is 3.25. The van der Waals surface area contributed by atoms with E-state index in [1.54, 1.807) is 65.5 Å². The van der Waals surface area contributed by atoms with Crippen LogP contribution in [0.1, 0.15) is 37.0 Å². The van der Waals surface area contributed by atoms with Gasteiger partial charge in [0.25, 0.3) is 0 Å². The van der Waals surface area contributed by atoms with Crippen LogP contribution >= 0.6 is 0 Å². The Kier molecular flexibility index (Phi) is 6.57. The van der Waals surface area contributed by atoms with Crippen molar-refractivity contribution in [1.29, 1.82) is 0 Å². The van der Waals surface area contributed by atoms with Gasteiger partial charge in [0.2, 0.25) is 0 Å². The van der Waals surface area contributed by atoms with Crippen LogP contribution in [-0.4, -0.2) is 44.3 Å². The van der Waals surface area contributed by atoms with Gasteiger partial charge in [-0.25, -0.2) is 0 Å². The number of aliphatic hydroxyl groups excluding tert-OH is 1. The van der Waals surface area contributed by atoms with E-state index in [1.165, 1.54) is 7.11 Å². The molecular formula is C21H28O6. The van der Waals surface area contributed by atoms with Gasteiger partial charge in [0.15, 0.2) is 23.0 Å². The maximum absolute atomic E-state index is 11.1. The average molecular weight is 376 g/mol. The normalized spacial score (nSPS) is 13.6. The topological polar surface area (TPSA) is 77.4 Å². The molecule has 0 aliphatic rings. The fourth-order valence-electron chi connectivity index (χ4n) is 3.25. The van der Waals surface area contributed by atoms with E-state index in [0.29, 0.717) is 28.6 Å². The molecule has 0 aliphatic heterocycles. The maximum atomic E-state index is 11.1. The zero-order chi connectivity index (χ0) is 20.2. The van der Waals surface area contributed by atoms with Crippen LogP contribution < -0.4 is 18.9 Å². The van der Waals surface area contributed by atoms with E-state index in [4.69, 9.17) is 18.9 Å². The van der Waals surface area contributed by atoms with Crippen molar-refractivity contribution in [1.82, 2.24) is 0 Å². The van der Waals surface area contributed by atoms with Crippen LogP contribution in [0.15, 0.2) is 36.4 Å². The predicted molar refractivity (Wildman–Crippen MR) is 103 cm³/mol. The van der Waals surface area contributed by atoms with Crippen LogP contribution in [0.2, 0.25) is 0 Å². The summed E-state index contributed by atoms with van der Waals surface area (Å²) in [4.78, 5) is 0. The first-order valence-electron chi connectivity index (χ1n) is 8.61. The third kappa shape index (κ3) is 4.46. The summed E-state index contributed by atoms with van der Waals surface area (Å²) in [7, 11) is 6.20. The molecule has 2 rings (SSSR count). The number of methoxy groups -OCH3 is 4. The molecule has 2 atom stereocenters. The van der Waals surface area contributed by atoms with Crippen molar-refractivity contribution in [2.75, 3.05) is 28.4 Å². The zero-order valence-electron chi connectivity index (χ0n) is 16.6. The van der Waals surface area contributed by atoms with E-state index < -0.39 is 17.6 Å². The summed E-state index contributed by atoms with van der Waals surface area (Å²) >= 11 is 0. The minimum Gasteiger partial charge on any atom is -0.493 e. The van der Waals surface area contributed by atoms with Crippen LogP contribution in [0.25, 0.3) is 0 Å². The summed E-state index contributed by atoms with van der Waals surface area (Å²) in [6.45, 7) is 3.33. The van der Waals surface area contributed by atoms with Crippen molar-refractivity contribution in [2.24, 2.45) is 0 Å². The zero-order valence-corrected chi connectivity index (χ0v) is 16.6.